The van der Waals surface area contributed by atoms with Crippen LogP contribution in [0.2, 0.25) is 5.02 Å². The molecule has 3 N–H and O–H groups in total. The topological polar surface area (TPSA) is 54.2 Å². The minimum absolute atomic E-state index is 0.0392. The van der Waals surface area contributed by atoms with Gasteiger partial charge >= 0.3 is 0 Å². The van der Waals surface area contributed by atoms with Gasteiger partial charge in [0, 0.05) is 55.5 Å². The van der Waals surface area contributed by atoms with Gasteiger partial charge in [0.2, 0.25) is 0 Å². The van der Waals surface area contributed by atoms with Crippen molar-refractivity contribution in [1.82, 2.24) is 10.3 Å². The lowest BCUT2D eigenvalue weighted by Crippen LogP contribution is -2.35. The number of halogens is 1. The van der Waals surface area contributed by atoms with E-state index < -0.39 is 0 Å². The van der Waals surface area contributed by atoms with Crippen LogP contribution in [-0.2, 0) is 13.0 Å². The Kier molecular flexibility index (Phi) is 6.09. The Morgan fingerprint density at radius 3 is 2.62 bits per heavy atom. The molecular formula is C21H25ClN4. The highest BCUT2D eigenvalue weighted by Gasteiger charge is 2.08. The van der Waals surface area contributed by atoms with Crippen molar-refractivity contribution in [3.8, 4) is 0 Å². The van der Waals surface area contributed by atoms with Crippen LogP contribution in [0.4, 0.5) is 5.69 Å². The lowest BCUT2D eigenvalue weighted by Gasteiger charge is -2.15. The van der Waals surface area contributed by atoms with Gasteiger partial charge in [0.25, 0.3) is 0 Å². The fourth-order valence-corrected chi connectivity index (χ4v) is 3.19. The molecule has 0 spiro atoms. The number of anilines is 1. The summed E-state index contributed by atoms with van der Waals surface area (Å²) >= 11 is 6.05. The SMILES string of the molecule is CN(C)c1ccc(CNCC(N)Cc2ccnc3cc(Cl)ccc23)cc1. The monoisotopic (exact) mass is 368 g/mol. The molecule has 3 aromatic rings. The number of rotatable bonds is 7. The third-order valence-electron chi connectivity index (χ3n) is 4.47. The van der Waals surface area contributed by atoms with Crippen molar-refractivity contribution in [3.05, 3.63) is 70.9 Å². The van der Waals surface area contributed by atoms with Crippen LogP contribution in [0.5, 0.6) is 0 Å². The van der Waals surface area contributed by atoms with E-state index in [9.17, 15) is 0 Å². The molecular weight excluding hydrogens is 344 g/mol. The van der Waals surface area contributed by atoms with Crippen molar-refractivity contribution >= 4 is 28.2 Å². The van der Waals surface area contributed by atoms with E-state index >= 15 is 0 Å². The number of pyridine rings is 1. The van der Waals surface area contributed by atoms with Gasteiger partial charge in [-0.15, -0.1) is 0 Å². The maximum absolute atomic E-state index is 6.34. The fraction of sp³-hybridized carbons (Fsp3) is 0.286. The van der Waals surface area contributed by atoms with Crippen LogP contribution in [-0.4, -0.2) is 31.7 Å². The minimum atomic E-state index is 0.0392. The van der Waals surface area contributed by atoms with Crippen LogP contribution in [0.15, 0.2) is 54.7 Å². The highest BCUT2D eigenvalue weighted by Crippen LogP contribution is 2.21. The normalized spacial score (nSPS) is 12.3. The summed E-state index contributed by atoms with van der Waals surface area (Å²) in [5.41, 5.74) is 10.9. The molecule has 26 heavy (non-hydrogen) atoms. The molecule has 3 rings (SSSR count). The third kappa shape index (κ3) is 4.73. The van der Waals surface area contributed by atoms with Crippen molar-refractivity contribution in [2.24, 2.45) is 5.73 Å². The Labute approximate surface area is 160 Å². The highest BCUT2D eigenvalue weighted by molar-refractivity contribution is 6.31. The molecule has 1 heterocycles. The Morgan fingerprint density at radius 1 is 1.12 bits per heavy atom. The largest absolute Gasteiger partial charge is 0.378 e. The van der Waals surface area contributed by atoms with E-state index in [4.69, 9.17) is 17.3 Å². The molecule has 0 saturated heterocycles. The van der Waals surface area contributed by atoms with Gasteiger partial charge in [-0.3, -0.25) is 4.98 Å². The lowest BCUT2D eigenvalue weighted by atomic mass is 10.0. The average Bonchev–Trinajstić information content (AvgIpc) is 2.62. The van der Waals surface area contributed by atoms with Crippen molar-refractivity contribution in [1.29, 1.82) is 0 Å². The first kappa shape index (κ1) is 18.6. The Bertz CT molecular complexity index is 862. The highest BCUT2D eigenvalue weighted by atomic mass is 35.5. The molecule has 1 aromatic heterocycles. The molecule has 2 aromatic carbocycles. The zero-order valence-corrected chi connectivity index (χ0v) is 16.0. The standard InChI is InChI=1S/C21H25ClN4/c1-26(2)19-6-3-15(4-7-19)13-24-14-18(23)11-16-9-10-25-21-12-17(22)5-8-20(16)21/h3-10,12,18,24H,11,13-14,23H2,1-2H3. The molecule has 0 aliphatic rings. The second-order valence-corrected chi connectivity index (χ2v) is 7.22. The molecule has 0 fully saturated rings. The van der Waals surface area contributed by atoms with Gasteiger partial charge in [0.1, 0.15) is 0 Å². The van der Waals surface area contributed by atoms with Gasteiger partial charge < -0.3 is 16.0 Å². The molecule has 5 heteroatoms. The van der Waals surface area contributed by atoms with E-state index in [1.165, 1.54) is 16.8 Å². The molecule has 1 atom stereocenters. The first-order valence-electron chi connectivity index (χ1n) is 8.78. The van der Waals surface area contributed by atoms with Crippen molar-refractivity contribution < 1.29 is 0 Å². The van der Waals surface area contributed by atoms with Crippen LogP contribution < -0.4 is 16.0 Å². The van der Waals surface area contributed by atoms with E-state index in [-0.39, 0.29) is 6.04 Å². The Morgan fingerprint density at radius 2 is 1.88 bits per heavy atom. The zero-order valence-electron chi connectivity index (χ0n) is 15.2. The summed E-state index contributed by atoms with van der Waals surface area (Å²) in [6.45, 7) is 1.57. The van der Waals surface area contributed by atoms with Gasteiger partial charge in [0.15, 0.2) is 0 Å². The Balaban J connectivity index is 1.55. The smallest absolute Gasteiger partial charge is 0.0719 e. The summed E-state index contributed by atoms with van der Waals surface area (Å²) in [5, 5.41) is 5.27. The lowest BCUT2D eigenvalue weighted by molar-refractivity contribution is 0.574. The average molecular weight is 369 g/mol. The predicted molar refractivity (Wildman–Crippen MR) is 111 cm³/mol. The van der Waals surface area contributed by atoms with E-state index in [2.05, 4.69) is 39.5 Å². The van der Waals surface area contributed by atoms with Gasteiger partial charge in [-0.05, 0) is 47.9 Å². The molecule has 4 nitrogen and oxygen atoms in total. The molecule has 0 saturated carbocycles. The molecule has 0 aliphatic carbocycles. The van der Waals surface area contributed by atoms with Crippen LogP contribution in [0, 0.1) is 0 Å². The predicted octanol–water partition coefficient (Wildman–Crippen LogP) is 3.61. The summed E-state index contributed by atoms with van der Waals surface area (Å²) in [5.74, 6) is 0. The maximum Gasteiger partial charge on any atom is 0.0719 e. The number of nitrogens with zero attached hydrogens (tertiary/aromatic N) is 2. The molecule has 0 radical (unpaired) electrons. The summed E-state index contributed by atoms with van der Waals surface area (Å²) in [4.78, 5) is 6.48. The van der Waals surface area contributed by atoms with Crippen molar-refractivity contribution in [2.45, 2.75) is 19.0 Å². The van der Waals surface area contributed by atoms with Crippen LogP contribution in [0.1, 0.15) is 11.1 Å². The molecule has 0 bridgehead atoms. The molecule has 1 unspecified atom stereocenters. The van der Waals surface area contributed by atoms with Crippen LogP contribution >= 0.6 is 11.6 Å². The third-order valence-corrected chi connectivity index (χ3v) is 4.70. The summed E-state index contributed by atoms with van der Waals surface area (Å²) in [6, 6.07) is 16.4. The van der Waals surface area contributed by atoms with Crippen molar-refractivity contribution in [2.75, 3.05) is 25.5 Å². The second-order valence-electron chi connectivity index (χ2n) is 6.79. The van der Waals surface area contributed by atoms with E-state index in [1.807, 2.05) is 44.6 Å². The number of nitrogens with two attached hydrogens (primary N) is 1. The van der Waals surface area contributed by atoms with Gasteiger partial charge in [-0.1, -0.05) is 29.8 Å². The van der Waals surface area contributed by atoms with E-state index in [1.54, 1.807) is 0 Å². The Hall–Kier alpha value is -2.14. The number of hydrogen-bond donors (Lipinski definition) is 2. The quantitative estimate of drug-likeness (QED) is 0.668. The number of aromatic nitrogens is 1. The van der Waals surface area contributed by atoms with Crippen LogP contribution in [0.3, 0.4) is 0 Å². The van der Waals surface area contributed by atoms with E-state index in [0.717, 1.165) is 30.4 Å². The van der Waals surface area contributed by atoms with Crippen LogP contribution in [0.25, 0.3) is 10.9 Å². The van der Waals surface area contributed by atoms with E-state index in [0.29, 0.717) is 5.02 Å². The number of fused-ring (bicyclic) bond motifs is 1. The summed E-state index contributed by atoms with van der Waals surface area (Å²) < 4.78 is 0. The minimum Gasteiger partial charge on any atom is -0.378 e. The van der Waals surface area contributed by atoms with Gasteiger partial charge in [0.05, 0.1) is 5.52 Å². The summed E-state index contributed by atoms with van der Waals surface area (Å²) in [7, 11) is 4.09. The van der Waals surface area contributed by atoms with Gasteiger partial charge in [-0.25, -0.2) is 0 Å². The molecule has 0 amide bonds. The zero-order chi connectivity index (χ0) is 18.5. The second kappa shape index (κ2) is 8.49. The maximum atomic E-state index is 6.34. The van der Waals surface area contributed by atoms with Gasteiger partial charge in [-0.2, -0.15) is 0 Å². The first-order valence-corrected chi connectivity index (χ1v) is 9.16. The molecule has 0 aliphatic heterocycles. The molecule has 136 valence electrons. The number of hydrogen-bond acceptors (Lipinski definition) is 4. The first-order chi connectivity index (χ1) is 12.5. The fourth-order valence-electron chi connectivity index (χ4n) is 3.03. The number of benzene rings is 2. The van der Waals surface area contributed by atoms with Crippen molar-refractivity contribution in [3.63, 3.8) is 0 Å². The number of nitrogens with one attached hydrogen (secondary N) is 1. The summed E-state index contributed by atoms with van der Waals surface area (Å²) in [6.07, 6.45) is 2.62.